The van der Waals surface area contributed by atoms with Crippen LogP contribution in [0.5, 0.6) is 0 Å². The zero-order valence-corrected chi connectivity index (χ0v) is 12.9. The number of carbonyl (C=O) groups is 1. The summed E-state index contributed by atoms with van der Waals surface area (Å²) < 4.78 is 0. The van der Waals surface area contributed by atoms with Gasteiger partial charge in [0.2, 0.25) is 0 Å². The lowest BCUT2D eigenvalue weighted by Crippen LogP contribution is -2.18. The minimum absolute atomic E-state index is 0.219. The molecule has 1 atom stereocenters. The molecule has 0 spiro atoms. The van der Waals surface area contributed by atoms with Crippen molar-refractivity contribution in [2.45, 2.75) is 32.1 Å². The molecular weight excluding hydrogens is 268 g/mol. The van der Waals surface area contributed by atoms with Crippen molar-refractivity contribution in [2.75, 3.05) is 0 Å². The molecule has 0 N–H and O–H groups in total. The van der Waals surface area contributed by atoms with E-state index in [-0.39, 0.29) is 5.92 Å². The fourth-order valence-corrected chi connectivity index (χ4v) is 3.20. The Balaban J connectivity index is 1.88. The van der Waals surface area contributed by atoms with Gasteiger partial charge in [0.1, 0.15) is 5.78 Å². The number of benzene rings is 2. The highest BCUT2D eigenvalue weighted by molar-refractivity contribution is 5.83. The average Bonchev–Trinajstić information content (AvgIpc) is 2.59. The Morgan fingerprint density at radius 3 is 2.05 bits per heavy atom. The number of allylic oxidation sites excluding steroid dienone is 1. The summed E-state index contributed by atoms with van der Waals surface area (Å²) in [6.07, 6.45) is 7.20. The van der Waals surface area contributed by atoms with Crippen LogP contribution < -0.4 is 0 Å². The van der Waals surface area contributed by atoms with Crippen LogP contribution in [0.4, 0.5) is 0 Å². The Morgan fingerprint density at radius 2 is 1.50 bits per heavy atom. The maximum absolute atomic E-state index is 12.1. The van der Waals surface area contributed by atoms with Gasteiger partial charge in [-0.05, 0) is 36.0 Å². The van der Waals surface area contributed by atoms with Crippen molar-refractivity contribution in [3.63, 3.8) is 0 Å². The highest BCUT2D eigenvalue weighted by Crippen LogP contribution is 2.28. The molecule has 1 heteroatoms. The predicted octanol–water partition coefficient (Wildman–Crippen LogP) is 5.27. The largest absolute Gasteiger partial charge is 0.299 e. The minimum atomic E-state index is 0.219. The van der Waals surface area contributed by atoms with Crippen molar-refractivity contribution in [1.29, 1.82) is 0 Å². The Labute approximate surface area is 132 Å². The van der Waals surface area contributed by atoms with Gasteiger partial charge in [0.25, 0.3) is 0 Å². The summed E-state index contributed by atoms with van der Waals surface area (Å²) in [7, 11) is 0. The van der Waals surface area contributed by atoms with Crippen LogP contribution in [0, 0.1) is 5.92 Å². The Morgan fingerprint density at radius 1 is 0.909 bits per heavy atom. The second kappa shape index (κ2) is 7.22. The van der Waals surface area contributed by atoms with Gasteiger partial charge in [0.05, 0.1) is 0 Å². The first-order valence-corrected chi connectivity index (χ1v) is 8.18. The Kier molecular flexibility index (Phi) is 4.85. The standard InChI is InChI=1S/C21H22O/c22-21-14-8-7-13-19(21)15-16-20(17-9-3-1-4-10-17)18-11-5-2-6-12-18/h1-6,9-12,16,19H,7-8,13-15H2. The molecule has 0 radical (unpaired) electrons. The summed E-state index contributed by atoms with van der Waals surface area (Å²) in [5, 5.41) is 0. The highest BCUT2D eigenvalue weighted by atomic mass is 16.1. The smallest absolute Gasteiger partial charge is 0.136 e. The topological polar surface area (TPSA) is 17.1 Å². The predicted molar refractivity (Wildman–Crippen MR) is 91.5 cm³/mol. The number of carbonyl (C=O) groups excluding carboxylic acids is 1. The maximum atomic E-state index is 12.1. The molecule has 0 aromatic heterocycles. The molecule has 0 aliphatic heterocycles. The van der Waals surface area contributed by atoms with Crippen LogP contribution in [0.2, 0.25) is 0 Å². The summed E-state index contributed by atoms with van der Waals surface area (Å²) in [6.45, 7) is 0. The molecule has 1 saturated carbocycles. The molecule has 2 aromatic rings. The monoisotopic (exact) mass is 290 g/mol. The quantitative estimate of drug-likeness (QED) is 0.750. The van der Waals surface area contributed by atoms with Crippen LogP contribution >= 0.6 is 0 Å². The first kappa shape index (κ1) is 14.8. The van der Waals surface area contributed by atoms with E-state index in [4.69, 9.17) is 0 Å². The van der Waals surface area contributed by atoms with Crippen LogP contribution in [0.15, 0.2) is 66.7 Å². The van der Waals surface area contributed by atoms with Gasteiger partial charge in [-0.15, -0.1) is 0 Å². The van der Waals surface area contributed by atoms with E-state index in [2.05, 4.69) is 54.6 Å². The number of ketones is 1. The fourth-order valence-electron chi connectivity index (χ4n) is 3.20. The molecule has 1 aliphatic rings. The molecule has 1 aliphatic carbocycles. The van der Waals surface area contributed by atoms with Gasteiger partial charge in [0, 0.05) is 12.3 Å². The summed E-state index contributed by atoms with van der Waals surface area (Å²) in [5.41, 5.74) is 3.67. The minimum Gasteiger partial charge on any atom is -0.299 e. The van der Waals surface area contributed by atoms with E-state index < -0.39 is 0 Å². The number of Topliss-reactive ketones (excluding diaryl/α,β-unsaturated/α-hetero) is 1. The van der Waals surface area contributed by atoms with Crippen molar-refractivity contribution in [2.24, 2.45) is 5.92 Å². The lowest BCUT2D eigenvalue weighted by Gasteiger charge is -2.19. The van der Waals surface area contributed by atoms with E-state index in [1.807, 2.05) is 12.1 Å². The average molecular weight is 290 g/mol. The molecule has 3 rings (SSSR count). The van der Waals surface area contributed by atoms with Crippen LogP contribution in [-0.4, -0.2) is 5.78 Å². The summed E-state index contributed by atoms with van der Waals surface area (Å²) in [5.74, 6) is 0.666. The number of hydrogen-bond acceptors (Lipinski definition) is 1. The molecule has 1 fully saturated rings. The van der Waals surface area contributed by atoms with Gasteiger partial charge in [-0.3, -0.25) is 4.79 Å². The van der Waals surface area contributed by atoms with Crippen LogP contribution in [0.3, 0.4) is 0 Å². The fraction of sp³-hybridized carbons (Fsp3) is 0.286. The molecule has 0 heterocycles. The van der Waals surface area contributed by atoms with Gasteiger partial charge in [-0.25, -0.2) is 0 Å². The van der Waals surface area contributed by atoms with Gasteiger partial charge < -0.3 is 0 Å². The Bertz CT molecular complexity index is 599. The van der Waals surface area contributed by atoms with Crippen molar-refractivity contribution >= 4 is 11.4 Å². The lowest BCUT2D eigenvalue weighted by molar-refractivity contribution is -0.124. The van der Waals surface area contributed by atoms with Gasteiger partial charge in [0.15, 0.2) is 0 Å². The molecule has 1 nitrogen and oxygen atoms in total. The summed E-state index contributed by atoms with van der Waals surface area (Å²) in [4.78, 5) is 12.1. The second-order valence-electron chi connectivity index (χ2n) is 5.99. The van der Waals surface area contributed by atoms with E-state index >= 15 is 0 Å². The van der Waals surface area contributed by atoms with E-state index in [1.54, 1.807) is 0 Å². The lowest BCUT2D eigenvalue weighted by atomic mass is 9.84. The number of hydrogen-bond donors (Lipinski definition) is 0. The maximum Gasteiger partial charge on any atom is 0.136 e. The number of rotatable bonds is 4. The molecule has 1 unspecified atom stereocenters. The Hall–Kier alpha value is -2.15. The van der Waals surface area contributed by atoms with Crippen LogP contribution in [0.1, 0.15) is 43.2 Å². The first-order chi connectivity index (χ1) is 10.8. The van der Waals surface area contributed by atoms with Crippen LogP contribution in [0.25, 0.3) is 5.57 Å². The van der Waals surface area contributed by atoms with Gasteiger partial charge in [-0.1, -0.05) is 73.2 Å². The van der Waals surface area contributed by atoms with Gasteiger partial charge >= 0.3 is 0 Å². The summed E-state index contributed by atoms with van der Waals surface area (Å²) >= 11 is 0. The zero-order valence-electron chi connectivity index (χ0n) is 12.9. The van der Waals surface area contributed by atoms with Crippen molar-refractivity contribution in [3.8, 4) is 0 Å². The molecule has 2 aromatic carbocycles. The summed E-state index contributed by atoms with van der Waals surface area (Å²) in [6, 6.07) is 20.9. The van der Waals surface area contributed by atoms with E-state index in [0.717, 1.165) is 25.7 Å². The molecule has 22 heavy (non-hydrogen) atoms. The van der Waals surface area contributed by atoms with E-state index in [9.17, 15) is 4.79 Å². The molecule has 0 amide bonds. The molecule has 0 bridgehead atoms. The third kappa shape index (κ3) is 3.54. The van der Waals surface area contributed by atoms with E-state index in [0.29, 0.717) is 5.78 Å². The SMILES string of the molecule is O=C1CCCCC1CC=C(c1ccccc1)c1ccccc1. The van der Waals surface area contributed by atoms with Crippen molar-refractivity contribution in [3.05, 3.63) is 77.9 Å². The van der Waals surface area contributed by atoms with Crippen LogP contribution in [-0.2, 0) is 4.79 Å². The molecule has 112 valence electrons. The van der Waals surface area contributed by atoms with Crippen molar-refractivity contribution < 1.29 is 4.79 Å². The first-order valence-electron chi connectivity index (χ1n) is 8.18. The third-order valence-electron chi connectivity index (χ3n) is 4.46. The van der Waals surface area contributed by atoms with Crippen molar-refractivity contribution in [1.82, 2.24) is 0 Å². The normalized spacial score (nSPS) is 18.0. The highest BCUT2D eigenvalue weighted by Gasteiger charge is 2.21. The van der Waals surface area contributed by atoms with Gasteiger partial charge in [-0.2, -0.15) is 0 Å². The molecule has 0 saturated heterocycles. The third-order valence-corrected chi connectivity index (χ3v) is 4.46. The molecular formula is C21H22O. The second-order valence-corrected chi connectivity index (χ2v) is 5.99. The zero-order chi connectivity index (χ0) is 15.2. The van der Waals surface area contributed by atoms with E-state index in [1.165, 1.54) is 23.1 Å².